The SMILES string of the molecule is Cn1ccc(C(=O)NC2CNc3ccccc3C2)n1. The van der Waals surface area contributed by atoms with Crippen LogP contribution in [0.1, 0.15) is 16.1 Å². The minimum atomic E-state index is -0.119. The molecule has 1 amide bonds. The molecule has 2 N–H and O–H groups in total. The maximum absolute atomic E-state index is 12.0. The average Bonchev–Trinajstić information content (AvgIpc) is 2.85. The Hall–Kier alpha value is -2.30. The van der Waals surface area contributed by atoms with Crippen molar-refractivity contribution in [3.63, 3.8) is 0 Å². The predicted molar refractivity (Wildman–Crippen MR) is 73.1 cm³/mol. The molecular weight excluding hydrogens is 240 g/mol. The first-order chi connectivity index (χ1) is 9.22. The molecule has 5 nitrogen and oxygen atoms in total. The first-order valence-electron chi connectivity index (χ1n) is 6.34. The highest BCUT2D eigenvalue weighted by Crippen LogP contribution is 2.21. The van der Waals surface area contributed by atoms with E-state index in [1.54, 1.807) is 24.0 Å². The lowest BCUT2D eigenvalue weighted by Crippen LogP contribution is -2.43. The van der Waals surface area contributed by atoms with Gasteiger partial charge in [0.15, 0.2) is 0 Å². The molecule has 0 saturated heterocycles. The van der Waals surface area contributed by atoms with E-state index < -0.39 is 0 Å². The lowest BCUT2D eigenvalue weighted by Gasteiger charge is -2.26. The van der Waals surface area contributed by atoms with Crippen LogP contribution in [0.5, 0.6) is 0 Å². The maximum atomic E-state index is 12.0. The van der Waals surface area contributed by atoms with Gasteiger partial charge in [-0.25, -0.2) is 0 Å². The van der Waals surface area contributed by atoms with E-state index in [0.717, 1.165) is 18.7 Å². The Morgan fingerprint density at radius 3 is 3.05 bits per heavy atom. The second-order valence-electron chi connectivity index (χ2n) is 4.79. The van der Waals surface area contributed by atoms with Crippen molar-refractivity contribution in [2.45, 2.75) is 12.5 Å². The highest BCUT2D eigenvalue weighted by Gasteiger charge is 2.20. The van der Waals surface area contributed by atoms with Crippen LogP contribution in [-0.4, -0.2) is 28.3 Å². The number of anilines is 1. The molecule has 2 heterocycles. The van der Waals surface area contributed by atoms with Crippen molar-refractivity contribution in [1.82, 2.24) is 15.1 Å². The Labute approximate surface area is 111 Å². The summed E-state index contributed by atoms with van der Waals surface area (Å²) in [5.41, 5.74) is 2.85. The number of hydrogen-bond acceptors (Lipinski definition) is 3. The number of aryl methyl sites for hydroxylation is 1. The van der Waals surface area contributed by atoms with Crippen molar-refractivity contribution >= 4 is 11.6 Å². The van der Waals surface area contributed by atoms with Gasteiger partial charge in [-0.2, -0.15) is 5.10 Å². The number of nitrogens with zero attached hydrogens (tertiary/aromatic N) is 2. The summed E-state index contributed by atoms with van der Waals surface area (Å²) in [6.45, 7) is 0.746. The molecule has 0 saturated carbocycles. The molecule has 1 aliphatic heterocycles. The van der Waals surface area contributed by atoms with E-state index in [1.807, 2.05) is 12.1 Å². The van der Waals surface area contributed by atoms with E-state index >= 15 is 0 Å². The third kappa shape index (κ3) is 2.45. The summed E-state index contributed by atoms with van der Waals surface area (Å²) in [7, 11) is 1.80. The van der Waals surface area contributed by atoms with Gasteiger partial charge < -0.3 is 10.6 Å². The van der Waals surface area contributed by atoms with Gasteiger partial charge in [0.05, 0.1) is 6.04 Å². The third-order valence-electron chi connectivity index (χ3n) is 3.30. The van der Waals surface area contributed by atoms with E-state index in [1.165, 1.54) is 5.56 Å². The number of hydrogen-bond donors (Lipinski definition) is 2. The first-order valence-corrected chi connectivity index (χ1v) is 6.34. The molecule has 0 radical (unpaired) electrons. The lowest BCUT2D eigenvalue weighted by molar-refractivity contribution is 0.0932. The van der Waals surface area contributed by atoms with Gasteiger partial charge in [-0.3, -0.25) is 9.48 Å². The van der Waals surface area contributed by atoms with E-state index in [4.69, 9.17) is 0 Å². The van der Waals surface area contributed by atoms with Gasteiger partial charge in [0.1, 0.15) is 5.69 Å². The summed E-state index contributed by atoms with van der Waals surface area (Å²) in [4.78, 5) is 12.0. The van der Waals surface area contributed by atoms with Crippen LogP contribution >= 0.6 is 0 Å². The second-order valence-corrected chi connectivity index (χ2v) is 4.79. The van der Waals surface area contributed by atoms with Crippen molar-refractivity contribution in [2.24, 2.45) is 7.05 Å². The highest BCUT2D eigenvalue weighted by atomic mass is 16.2. The van der Waals surface area contributed by atoms with Crippen LogP contribution in [0.15, 0.2) is 36.5 Å². The van der Waals surface area contributed by atoms with Crippen molar-refractivity contribution in [3.8, 4) is 0 Å². The molecule has 0 fully saturated rings. The van der Waals surface area contributed by atoms with Crippen LogP contribution in [0.2, 0.25) is 0 Å². The van der Waals surface area contributed by atoms with E-state index in [0.29, 0.717) is 5.69 Å². The van der Waals surface area contributed by atoms with Gasteiger partial charge in [-0.1, -0.05) is 18.2 Å². The number of carbonyl (C=O) groups is 1. The molecule has 1 aromatic carbocycles. The molecule has 1 aromatic heterocycles. The summed E-state index contributed by atoms with van der Waals surface area (Å²) in [5, 5.41) is 10.5. The molecule has 1 aliphatic rings. The average molecular weight is 256 g/mol. The highest BCUT2D eigenvalue weighted by molar-refractivity contribution is 5.92. The van der Waals surface area contributed by atoms with Crippen LogP contribution in [0.3, 0.4) is 0 Å². The topological polar surface area (TPSA) is 59.0 Å². The van der Waals surface area contributed by atoms with Gasteiger partial charge >= 0.3 is 0 Å². The van der Waals surface area contributed by atoms with Gasteiger partial charge in [-0.15, -0.1) is 0 Å². The second kappa shape index (κ2) is 4.76. The van der Waals surface area contributed by atoms with E-state index in [2.05, 4.69) is 27.9 Å². The Morgan fingerprint density at radius 2 is 2.26 bits per heavy atom. The van der Waals surface area contributed by atoms with Crippen LogP contribution in [0.4, 0.5) is 5.69 Å². The summed E-state index contributed by atoms with van der Waals surface area (Å²) in [5.74, 6) is -0.119. The molecule has 0 spiro atoms. The lowest BCUT2D eigenvalue weighted by atomic mass is 10.00. The number of fused-ring (bicyclic) bond motifs is 1. The molecular formula is C14H16N4O. The number of nitrogens with one attached hydrogen (secondary N) is 2. The van der Waals surface area contributed by atoms with Crippen LogP contribution < -0.4 is 10.6 Å². The Balaban J connectivity index is 1.68. The third-order valence-corrected chi connectivity index (χ3v) is 3.30. The first kappa shape index (κ1) is 11.8. The zero-order chi connectivity index (χ0) is 13.2. The summed E-state index contributed by atoms with van der Waals surface area (Å²) < 4.78 is 1.63. The van der Waals surface area contributed by atoms with Gasteiger partial charge in [0.2, 0.25) is 0 Å². The molecule has 98 valence electrons. The summed E-state index contributed by atoms with van der Waals surface area (Å²) >= 11 is 0. The van der Waals surface area contributed by atoms with Gasteiger partial charge in [-0.05, 0) is 24.1 Å². The Morgan fingerprint density at radius 1 is 1.42 bits per heavy atom. The Bertz CT molecular complexity index is 605. The van der Waals surface area contributed by atoms with Crippen LogP contribution in [0.25, 0.3) is 0 Å². The van der Waals surface area contributed by atoms with Crippen LogP contribution in [0, 0.1) is 0 Å². The zero-order valence-electron chi connectivity index (χ0n) is 10.8. The molecule has 5 heteroatoms. The normalized spacial score (nSPS) is 17.4. The zero-order valence-corrected chi connectivity index (χ0v) is 10.8. The van der Waals surface area contributed by atoms with E-state index in [-0.39, 0.29) is 11.9 Å². The molecule has 3 rings (SSSR count). The predicted octanol–water partition coefficient (Wildman–Crippen LogP) is 1.19. The number of benzene rings is 1. The summed E-state index contributed by atoms with van der Waals surface area (Å²) in [6.07, 6.45) is 2.62. The van der Waals surface area contributed by atoms with Crippen LogP contribution in [-0.2, 0) is 13.5 Å². The fraction of sp³-hybridized carbons (Fsp3) is 0.286. The van der Waals surface area contributed by atoms with Gasteiger partial charge in [0, 0.05) is 25.5 Å². The number of carbonyl (C=O) groups excluding carboxylic acids is 1. The largest absolute Gasteiger partial charge is 0.383 e. The minimum absolute atomic E-state index is 0.101. The fourth-order valence-electron chi connectivity index (χ4n) is 2.34. The molecule has 1 atom stereocenters. The minimum Gasteiger partial charge on any atom is -0.383 e. The number of rotatable bonds is 2. The van der Waals surface area contributed by atoms with Gasteiger partial charge in [0.25, 0.3) is 5.91 Å². The Kier molecular flexibility index (Phi) is 2.95. The molecule has 0 aliphatic carbocycles. The maximum Gasteiger partial charge on any atom is 0.272 e. The number of para-hydroxylation sites is 1. The molecule has 1 unspecified atom stereocenters. The van der Waals surface area contributed by atoms with Crippen molar-refractivity contribution < 1.29 is 4.79 Å². The van der Waals surface area contributed by atoms with Crippen molar-refractivity contribution in [1.29, 1.82) is 0 Å². The monoisotopic (exact) mass is 256 g/mol. The fourth-order valence-corrected chi connectivity index (χ4v) is 2.34. The standard InChI is InChI=1S/C14H16N4O/c1-18-7-6-13(17-18)14(19)16-11-8-10-4-2-3-5-12(10)15-9-11/h2-7,11,15H,8-9H2,1H3,(H,16,19). The van der Waals surface area contributed by atoms with Crippen molar-refractivity contribution in [3.05, 3.63) is 47.8 Å². The number of aromatic nitrogens is 2. The smallest absolute Gasteiger partial charge is 0.272 e. The molecule has 2 aromatic rings. The quantitative estimate of drug-likeness (QED) is 0.848. The summed E-state index contributed by atoms with van der Waals surface area (Å²) in [6, 6.07) is 10.00. The van der Waals surface area contributed by atoms with E-state index in [9.17, 15) is 4.79 Å². The molecule has 0 bridgehead atoms. The van der Waals surface area contributed by atoms with Crippen molar-refractivity contribution in [2.75, 3.05) is 11.9 Å². The number of amides is 1. The molecule has 19 heavy (non-hydrogen) atoms.